The number of nitrogens with one attached hydrogen (secondary N) is 2. The fourth-order valence-electron chi connectivity index (χ4n) is 8.10. The standard InChI is InChI=1S/C49H79N3O16/c1-31-17-14-12-10-8-6-4-5-7-9-11-13-15-18-36(67-48-46(62)45(50)41(60)30-65-48)27-42-44(47(63)52-22-16-21-51-3)40(59)29-49(64,68-42)28-35(55)25-39(58)37(56)20-19-33(53)24-34(54)26-43(61)66-32(2)23-38(31)57/h4-15,17-18,31-42,44-46,48,51,53-60,62,64H,16,19-30,50H2,1-3H3,(H,52,63)/b5-4+,8-6+,9-7+,12-10+,13-11+,17-14+,18-15+/t31-,32-,33+,34?,35?,36-,37?,38-,39?,40-,41+,42-,44+,45-,46-,48-,49+/m0/s1. The molecule has 19 heteroatoms. The zero-order valence-electron chi connectivity index (χ0n) is 39.5. The van der Waals surface area contributed by atoms with Crippen LogP contribution in [0.1, 0.15) is 78.1 Å². The molecule has 3 rings (SSSR count). The van der Waals surface area contributed by atoms with Gasteiger partial charge in [0.05, 0.1) is 86.0 Å². The fourth-order valence-corrected chi connectivity index (χ4v) is 8.10. The lowest BCUT2D eigenvalue weighted by molar-refractivity contribution is -0.304. The molecule has 1 amide bonds. The van der Waals surface area contributed by atoms with E-state index in [4.69, 9.17) is 24.7 Å². The van der Waals surface area contributed by atoms with Crippen molar-refractivity contribution in [2.24, 2.45) is 17.6 Å². The molecule has 0 aromatic heterocycles. The topological polar surface area (TPSA) is 323 Å². The predicted octanol–water partition coefficient (Wildman–Crippen LogP) is -0.282. The van der Waals surface area contributed by atoms with Crippen LogP contribution in [0.15, 0.2) is 85.1 Å². The van der Waals surface area contributed by atoms with Crippen molar-refractivity contribution in [2.75, 3.05) is 26.7 Å². The number of carbonyl (C=O) groups is 2. The summed E-state index contributed by atoms with van der Waals surface area (Å²) in [5.74, 6) is -5.04. The Morgan fingerprint density at radius 1 is 0.721 bits per heavy atom. The van der Waals surface area contributed by atoms with Gasteiger partial charge >= 0.3 is 5.97 Å². The van der Waals surface area contributed by atoms with Gasteiger partial charge in [-0.1, -0.05) is 92.0 Å². The molecule has 19 nitrogen and oxygen atoms in total. The van der Waals surface area contributed by atoms with E-state index >= 15 is 0 Å². The van der Waals surface area contributed by atoms with Gasteiger partial charge in [-0.25, -0.2) is 0 Å². The number of fused-ring (bicyclic) bond motifs is 2. The van der Waals surface area contributed by atoms with Crippen molar-refractivity contribution in [3.63, 3.8) is 0 Å². The van der Waals surface area contributed by atoms with Crippen molar-refractivity contribution in [3.8, 4) is 0 Å². The number of aliphatic hydroxyl groups excluding tert-OH is 9. The minimum atomic E-state index is -2.25. The van der Waals surface area contributed by atoms with E-state index in [0.717, 1.165) is 0 Å². The third-order valence-corrected chi connectivity index (χ3v) is 12.0. The number of hydrogen-bond acceptors (Lipinski definition) is 18. The molecule has 0 aliphatic carbocycles. The van der Waals surface area contributed by atoms with E-state index in [-0.39, 0.29) is 51.2 Å². The van der Waals surface area contributed by atoms with Crippen LogP contribution in [0.3, 0.4) is 0 Å². The number of hydrogen-bond donors (Lipinski definition) is 13. The molecule has 3 heterocycles. The van der Waals surface area contributed by atoms with Crippen LogP contribution in [-0.4, -0.2) is 181 Å². The lowest BCUT2D eigenvalue weighted by Gasteiger charge is -2.45. The first-order chi connectivity index (χ1) is 32.3. The van der Waals surface area contributed by atoms with Gasteiger partial charge in [0.2, 0.25) is 5.91 Å². The molecule has 386 valence electrons. The van der Waals surface area contributed by atoms with Gasteiger partial charge in [0.1, 0.15) is 12.2 Å². The molecule has 3 aliphatic rings. The maximum atomic E-state index is 13.7. The van der Waals surface area contributed by atoms with Gasteiger partial charge in [-0.2, -0.15) is 0 Å². The van der Waals surface area contributed by atoms with Crippen LogP contribution in [0.5, 0.6) is 0 Å². The molecule has 0 saturated carbocycles. The first kappa shape index (κ1) is 58.8. The van der Waals surface area contributed by atoms with Gasteiger partial charge in [-0.3, -0.25) is 9.59 Å². The lowest BCUT2D eigenvalue weighted by atomic mass is 9.82. The molecule has 17 atom stereocenters. The summed E-state index contributed by atoms with van der Waals surface area (Å²) < 4.78 is 23.3. The summed E-state index contributed by atoms with van der Waals surface area (Å²) in [5, 5.41) is 114. The third kappa shape index (κ3) is 21.7. The molecule has 0 spiro atoms. The molecule has 14 N–H and O–H groups in total. The molecule has 0 aromatic carbocycles. The van der Waals surface area contributed by atoms with E-state index in [0.29, 0.717) is 13.0 Å². The molecule has 0 aromatic rings. The number of rotatable bonds is 7. The van der Waals surface area contributed by atoms with Crippen LogP contribution in [-0.2, 0) is 28.5 Å². The number of aliphatic hydroxyl groups is 10. The first-order valence-electron chi connectivity index (χ1n) is 23.7. The summed E-state index contributed by atoms with van der Waals surface area (Å²) in [4.78, 5) is 26.2. The third-order valence-electron chi connectivity index (χ3n) is 12.0. The monoisotopic (exact) mass is 966 g/mol. The van der Waals surface area contributed by atoms with Crippen molar-refractivity contribution in [2.45, 2.75) is 169 Å². The van der Waals surface area contributed by atoms with Gasteiger partial charge in [0.25, 0.3) is 0 Å². The first-order valence-corrected chi connectivity index (χ1v) is 23.7. The molecular weight excluding hydrogens is 887 g/mol. The van der Waals surface area contributed by atoms with Crippen LogP contribution in [0.4, 0.5) is 0 Å². The van der Waals surface area contributed by atoms with E-state index in [1.54, 1.807) is 62.6 Å². The SMILES string of the molecule is CNCCCNC(=O)[C@H]1[C@@H]2C[C@@H](O[C@@H]3OC[C@@H](O)[C@H](N)[C@@H]3O)/C=C/C=C/C=C/C=C/C=C/C=C/C=C/[C@H](C)[C@@H](O)C[C@H](C)OC(=O)CC(O)C[C@H](O)CCC(O)C(O)CC(O)C[C@](O)(C[C@@H]1O)O2. The zero-order valence-corrected chi connectivity index (χ0v) is 39.5. The summed E-state index contributed by atoms with van der Waals surface area (Å²) >= 11 is 0. The Morgan fingerprint density at radius 2 is 1.34 bits per heavy atom. The second-order valence-corrected chi connectivity index (χ2v) is 18.1. The quantitative estimate of drug-likeness (QED) is 0.115. The minimum Gasteiger partial charge on any atom is -0.462 e. The van der Waals surface area contributed by atoms with Crippen LogP contribution < -0.4 is 16.4 Å². The van der Waals surface area contributed by atoms with Crippen molar-refractivity contribution < 1.29 is 79.6 Å². The fraction of sp³-hybridized carbons (Fsp3) is 0.673. The highest BCUT2D eigenvalue weighted by Gasteiger charge is 2.50. The number of nitrogens with two attached hydrogens (primary N) is 1. The van der Waals surface area contributed by atoms with Gasteiger partial charge in [0, 0.05) is 44.6 Å². The van der Waals surface area contributed by atoms with E-state index < -0.39 is 135 Å². The highest BCUT2D eigenvalue weighted by Crippen LogP contribution is 2.38. The number of cyclic esters (lactones) is 1. The minimum absolute atomic E-state index is 0.0874. The second-order valence-electron chi connectivity index (χ2n) is 18.1. The average molecular weight is 966 g/mol. The summed E-state index contributed by atoms with van der Waals surface area (Å²) in [5.41, 5.74) is 6.01. The Morgan fingerprint density at radius 3 is 1.97 bits per heavy atom. The van der Waals surface area contributed by atoms with Crippen LogP contribution in [0.25, 0.3) is 0 Å². The molecule has 3 aliphatic heterocycles. The Bertz CT molecular complexity index is 1690. The molecule has 68 heavy (non-hydrogen) atoms. The number of ether oxygens (including phenoxy) is 4. The Kier molecular flexibility index (Phi) is 26.8. The highest BCUT2D eigenvalue weighted by atomic mass is 16.7. The Labute approximate surface area is 400 Å². The van der Waals surface area contributed by atoms with E-state index in [2.05, 4.69) is 10.6 Å². The van der Waals surface area contributed by atoms with Crippen molar-refractivity contribution in [1.29, 1.82) is 0 Å². The normalized spacial score (nSPS) is 41.8. The van der Waals surface area contributed by atoms with E-state index in [1.165, 1.54) is 0 Å². The zero-order chi connectivity index (χ0) is 50.2. The van der Waals surface area contributed by atoms with E-state index in [1.807, 2.05) is 43.4 Å². The van der Waals surface area contributed by atoms with Crippen molar-refractivity contribution in [3.05, 3.63) is 85.1 Å². The summed E-state index contributed by atoms with van der Waals surface area (Å²) in [6.07, 6.45) is 6.68. The van der Waals surface area contributed by atoms with Gasteiger partial charge in [-0.15, -0.1) is 0 Å². The summed E-state index contributed by atoms with van der Waals surface area (Å²) in [6.45, 7) is 4.09. The number of allylic oxidation sites excluding steroid dienone is 12. The van der Waals surface area contributed by atoms with Crippen molar-refractivity contribution >= 4 is 11.9 Å². The van der Waals surface area contributed by atoms with Crippen LogP contribution in [0, 0.1) is 11.8 Å². The molecular formula is C49H79N3O16. The predicted molar refractivity (Wildman–Crippen MR) is 252 cm³/mol. The molecule has 2 bridgehead atoms. The Hall–Kier alpha value is -3.48. The van der Waals surface area contributed by atoms with Crippen LogP contribution in [0.2, 0.25) is 0 Å². The number of amides is 1. The Balaban J connectivity index is 1.89. The van der Waals surface area contributed by atoms with E-state index in [9.17, 15) is 60.7 Å². The second kappa shape index (κ2) is 31.0. The van der Waals surface area contributed by atoms with Gasteiger partial charge < -0.3 is 86.4 Å². The molecule has 4 unspecified atom stereocenters. The van der Waals surface area contributed by atoms with Crippen LogP contribution >= 0.6 is 0 Å². The maximum Gasteiger partial charge on any atom is 0.308 e. The molecule has 0 radical (unpaired) electrons. The van der Waals surface area contributed by atoms with Crippen molar-refractivity contribution in [1.82, 2.24) is 10.6 Å². The largest absolute Gasteiger partial charge is 0.462 e. The smallest absolute Gasteiger partial charge is 0.308 e. The number of esters is 1. The van der Waals surface area contributed by atoms with Gasteiger partial charge in [0.15, 0.2) is 12.1 Å². The molecule has 2 fully saturated rings. The summed E-state index contributed by atoms with van der Waals surface area (Å²) in [7, 11) is 1.76. The summed E-state index contributed by atoms with van der Waals surface area (Å²) in [6, 6.07) is -1.10. The number of carbonyl (C=O) groups excluding carboxylic acids is 2. The average Bonchev–Trinajstić information content (AvgIpc) is 3.26. The highest BCUT2D eigenvalue weighted by molar-refractivity contribution is 5.80. The lowest BCUT2D eigenvalue weighted by Crippen LogP contribution is -2.59. The maximum absolute atomic E-state index is 13.7. The molecule has 2 saturated heterocycles. The van der Waals surface area contributed by atoms with Gasteiger partial charge in [-0.05, 0) is 46.2 Å².